The van der Waals surface area contributed by atoms with Crippen LogP contribution in [0, 0.1) is 6.92 Å². The van der Waals surface area contributed by atoms with Gasteiger partial charge in [0.15, 0.2) is 9.84 Å². The minimum atomic E-state index is -3.13. The van der Waals surface area contributed by atoms with Gasteiger partial charge in [0, 0.05) is 16.5 Å². The molecule has 1 amide bonds. The monoisotopic (exact) mass is 431 g/mol. The first kappa shape index (κ1) is 19.7. The fraction of sp³-hybridized carbons (Fsp3) is 0.300. The number of hydrogen-bond acceptors (Lipinski definition) is 6. The Balaban J connectivity index is 1.64. The smallest absolute Gasteiger partial charge is 0.272 e. The van der Waals surface area contributed by atoms with Crippen LogP contribution in [0.25, 0.3) is 11.3 Å². The number of nitrogens with one attached hydrogen (secondary N) is 1. The average Bonchev–Trinajstić information content (AvgIpc) is 3.42. The summed E-state index contributed by atoms with van der Waals surface area (Å²) in [6, 6.07) is 10.4. The number of aryl methyl sites for hydroxylation is 1. The van der Waals surface area contributed by atoms with Crippen LogP contribution in [0.4, 0.5) is 0 Å². The Kier molecular flexibility index (Phi) is 5.18. The van der Waals surface area contributed by atoms with E-state index in [1.165, 1.54) is 11.3 Å². The molecule has 7 nitrogen and oxygen atoms in total. The summed E-state index contributed by atoms with van der Waals surface area (Å²) in [4.78, 5) is 15.9. The first-order chi connectivity index (χ1) is 13.8. The molecule has 0 spiro atoms. The van der Waals surface area contributed by atoms with Crippen molar-refractivity contribution < 1.29 is 18.3 Å². The third-order valence-electron chi connectivity index (χ3n) is 5.14. The van der Waals surface area contributed by atoms with Crippen LogP contribution in [0.1, 0.15) is 27.3 Å². The number of carbonyl (C=O) groups is 1. The molecule has 2 N–H and O–H groups in total. The zero-order valence-corrected chi connectivity index (χ0v) is 17.5. The fourth-order valence-electron chi connectivity index (χ4n) is 3.55. The lowest BCUT2D eigenvalue weighted by Crippen LogP contribution is -2.40. The first-order valence-corrected chi connectivity index (χ1v) is 11.9. The highest BCUT2D eigenvalue weighted by atomic mass is 32.2. The van der Waals surface area contributed by atoms with Gasteiger partial charge in [-0.3, -0.25) is 9.89 Å². The molecule has 1 aromatic carbocycles. The summed E-state index contributed by atoms with van der Waals surface area (Å²) in [5, 5.41) is 19.2. The molecule has 0 saturated carbocycles. The summed E-state index contributed by atoms with van der Waals surface area (Å²) < 4.78 is 24.0. The largest absolute Gasteiger partial charge is 0.507 e. The van der Waals surface area contributed by atoms with Gasteiger partial charge in [0.25, 0.3) is 5.91 Å². The standard InChI is InChI=1S/C20H21N3O4S2/c1-13-4-2-6-16(19(13)24)17-10-18(22-21-17)20(25)23(11-15-5-3-8-28-15)14-7-9-29(26,27)12-14/h2-6,8,10,14,24H,7,9,11-12H2,1H3,(H,21,22). The molecule has 9 heteroatoms. The van der Waals surface area contributed by atoms with Crippen LogP contribution in [0.3, 0.4) is 0 Å². The number of aromatic nitrogens is 2. The molecule has 1 aliphatic rings. The van der Waals surface area contributed by atoms with Crippen LogP contribution in [-0.4, -0.2) is 52.1 Å². The number of nitrogens with zero attached hydrogens (tertiary/aromatic N) is 2. The number of sulfone groups is 1. The number of para-hydroxylation sites is 1. The van der Waals surface area contributed by atoms with E-state index in [2.05, 4.69) is 10.2 Å². The predicted octanol–water partition coefficient (Wildman–Crippen LogP) is 2.98. The lowest BCUT2D eigenvalue weighted by atomic mass is 10.1. The molecule has 3 aromatic rings. The number of amides is 1. The second-order valence-corrected chi connectivity index (χ2v) is 10.5. The molecule has 1 saturated heterocycles. The SMILES string of the molecule is Cc1cccc(-c2cc(C(=O)N(Cc3cccs3)C3CCS(=O)(=O)C3)[nH]n2)c1O. The Morgan fingerprint density at radius 1 is 1.34 bits per heavy atom. The number of hydrogen-bond donors (Lipinski definition) is 2. The molecule has 4 rings (SSSR count). The highest BCUT2D eigenvalue weighted by molar-refractivity contribution is 7.91. The van der Waals surface area contributed by atoms with Crippen LogP contribution in [-0.2, 0) is 16.4 Å². The molecule has 0 bridgehead atoms. The predicted molar refractivity (Wildman–Crippen MR) is 112 cm³/mol. The van der Waals surface area contributed by atoms with Crippen molar-refractivity contribution in [2.24, 2.45) is 0 Å². The van der Waals surface area contributed by atoms with E-state index in [1.807, 2.05) is 23.6 Å². The van der Waals surface area contributed by atoms with Gasteiger partial charge >= 0.3 is 0 Å². The quantitative estimate of drug-likeness (QED) is 0.646. The van der Waals surface area contributed by atoms with E-state index in [0.717, 1.165) is 4.88 Å². The summed E-state index contributed by atoms with van der Waals surface area (Å²) in [7, 11) is -3.13. The number of phenols is 1. The van der Waals surface area contributed by atoms with Crippen molar-refractivity contribution in [3.05, 3.63) is 57.9 Å². The minimum Gasteiger partial charge on any atom is -0.507 e. The Labute approximate surface area is 172 Å². The summed E-state index contributed by atoms with van der Waals surface area (Å²) in [6.07, 6.45) is 0.430. The molecule has 0 aliphatic carbocycles. The van der Waals surface area contributed by atoms with Gasteiger partial charge < -0.3 is 10.0 Å². The van der Waals surface area contributed by atoms with Crippen LogP contribution in [0.5, 0.6) is 5.75 Å². The molecule has 152 valence electrons. The van der Waals surface area contributed by atoms with E-state index in [9.17, 15) is 18.3 Å². The molecular formula is C20H21N3O4S2. The number of benzene rings is 1. The third kappa shape index (κ3) is 4.06. The third-order valence-corrected chi connectivity index (χ3v) is 7.75. The van der Waals surface area contributed by atoms with E-state index >= 15 is 0 Å². The molecule has 1 unspecified atom stereocenters. The molecule has 29 heavy (non-hydrogen) atoms. The van der Waals surface area contributed by atoms with Crippen molar-refractivity contribution in [3.8, 4) is 17.0 Å². The first-order valence-electron chi connectivity index (χ1n) is 9.22. The second kappa shape index (κ2) is 7.64. The number of thiophene rings is 1. The highest BCUT2D eigenvalue weighted by Crippen LogP contribution is 2.31. The average molecular weight is 432 g/mol. The van der Waals surface area contributed by atoms with E-state index in [-0.39, 0.29) is 34.9 Å². The lowest BCUT2D eigenvalue weighted by molar-refractivity contribution is 0.0677. The Morgan fingerprint density at radius 2 is 2.17 bits per heavy atom. The Morgan fingerprint density at radius 3 is 2.86 bits per heavy atom. The van der Waals surface area contributed by atoms with Gasteiger partial charge in [-0.15, -0.1) is 11.3 Å². The van der Waals surface area contributed by atoms with E-state index in [0.29, 0.717) is 29.8 Å². The van der Waals surface area contributed by atoms with Crippen LogP contribution >= 0.6 is 11.3 Å². The maximum Gasteiger partial charge on any atom is 0.272 e. The van der Waals surface area contributed by atoms with Gasteiger partial charge in [0.1, 0.15) is 11.4 Å². The Hall–Kier alpha value is -2.65. The summed E-state index contributed by atoms with van der Waals surface area (Å²) in [5.74, 6) is -0.108. The number of aromatic hydroxyl groups is 1. The topological polar surface area (TPSA) is 103 Å². The van der Waals surface area contributed by atoms with Crippen molar-refractivity contribution >= 4 is 27.1 Å². The van der Waals surface area contributed by atoms with Gasteiger partial charge in [-0.05, 0) is 42.5 Å². The van der Waals surface area contributed by atoms with Gasteiger partial charge in [-0.2, -0.15) is 5.10 Å². The highest BCUT2D eigenvalue weighted by Gasteiger charge is 2.35. The fourth-order valence-corrected chi connectivity index (χ4v) is 5.98. The summed E-state index contributed by atoms with van der Waals surface area (Å²) in [5.41, 5.74) is 1.98. The molecule has 2 aromatic heterocycles. The van der Waals surface area contributed by atoms with E-state index in [1.54, 1.807) is 30.0 Å². The second-order valence-electron chi connectivity index (χ2n) is 7.21. The van der Waals surface area contributed by atoms with E-state index in [4.69, 9.17) is 0 Å². The van der Waals surface area contributed by atoms with Crippen LogP contribution in [0.15, 0.2) is 41.8 Å². The number of carbonyl (C=O) groups excluding carboxylic acids is 1. The molecule has 1 atom stereocenters. The maximum absolute atomic E-state index is 13.3. The van der Waals surface area contributed by atoms with Crippen molar-refractivity contribution in [2.45, 2.75) is 25.9 Å². The molecule has 1 aliphatic heterocycles. The van der Waals surface area contributed by atoms with Gasteiger partial charge in [-0.25, -0.2) is 8.42 Å². The van der Waals surface area contributed by atoms with E-state index < -0.39 is 9.84 Å². The van der Waals surface area contributed by atoms with Crippen LogP contribution in [0.2, 0.25) is 0 Å². The van der Waals surface area contributed by atoms with Gasteiger partial charge in [-0.1, -0.05) is 18.2 Å². The molecule has 1 fully saturated rings. The minimum absolute atomic E-state index is 0.0240. The summed E-state index contributed by atoms with van der Waals surface area (Å²) >= 11 is 1.53. The van der Waals surface area contributed by atoms with Crippen molar-refractivity contribution in [2.75, 3.05) is 11.5 Å². The van der Waals surface area contributed by atoms with Crippen molar-refractivity contribution in [1.29, 1.82) is 0 Å². The number of phenolic OH excluding ortho intramolecular Hbond substituents is 1. The number of H-pyrrole nitrogens is 1. The normalized spacial score (nSPS) is 18.0. The molecule has 3 heterocycles. The Bertz CT molecular complexity index is 1140. The van der Waals surface area contributed by atoms with Crippen molar-refractivity contribution in [3.63, 3.8) is 0 Å². The molecule has 0 radical (unpaired) electrons. The molecular weight excluding hydrogens is 410 g/mol. The van der Waals surface area contributed by atoms with Crippen molar-refractivity contribution in [1.82, 2.24) is 15.1 Å². The van der Waals surface area contributed by atoms with Crippen LogP contribution < -0.4 is 0 Å². The number of rotatable bonds is 5. The number of aromatic amines is 1. The van der Waals surface area contributed by atoms with Gasteiger partial charge in [0.05, 0.1) is 23.7 Å². The van der Waals surface area contributed by atoms with Gasteiger partial charge in [0.2, 0.25) is 0 Å². The maximum atomic E-state index is 13.3. The summed E-state index contributed by atoms with van der Waals surface area (Å²) in [6.45, 7) is 2.14. The zero-order chi connectivity index (χ0) is 20.6. The zero-order valence-electron chi connectivity index (χ0n) is 15.8. The lowest BCUT2D eigenvalue weighted by Gasteiger charge is -2.27.